The smallest absolute Gasteiger partial charge is 0.336 e. The Balaban J connectivity index is 1.65. The number of aliphatic imine (C=N–C) groups is 1. The molecule has 0 atom stereocenters. The first-order valence-electron chi connectivity index (χ1n) is 9.91. The lowest BCUT2D eigenvalue weighted by atomic mass is 9.92. The summed E-state index contributed by atoms with van der Waals surface area (Å²) in [4.78, 5) is 17.2. The highest BCUT2D eigenvalue weighted by molar-refractivity contribution is 6.09. The molecule has 0 fully saturated rings. The van der Waals surface area contributed by atoms with Gasteiger partial charge in [0.05, 0.1) is 14.2 Å². The number of methoxy groups -OCH3 is 2. The molecule has 0 radical (unpaired) electrons. The van der Waals surface area contributed by atoms with Crippen molar-refractivity contribution < 1.29 is 13.9 Å². The summed E-state index contributed by atoms with van der Waals surface area (Å²) in [6.45, 7) is 0.708. The molecule has 0 aliphatic carbocycles. The van der Waals surface area contributed by atoms with Gasteiger partial charge in [-0.2, -0.15) is 0 Å². The summed E-state index contributed by atoms with van der Waals surface area (Å²) in [7, 11) is 3.27. The maximum Gasteiger partial charge on any atom is 0.336 e. The standard InChI is InChI=1S/C25H21NO4/c1-28-22-12-16-9-10-26-21(20(16)14-23(22)29-2)11-17-13-24(27)30-25-18-6-4-3-5-15(18)7-8-19(17)25/h3-8,12-14H,9-11H2,1-2H3. The summed E-state index contributed by atoms with van der Waals surface area (Å²) in [5, 5.41) is 2.91. The quantitative estimate of drug-likeness (QED) is 0.373. The van der Waals surface area contributed by atoms with Crippen LogP contribution in [-0.4, -0.2) is 26.5 Å². The molecule has 5 heteroatoms. The van der Waals surface area contributed by atoms with E-state index in [1.54, 1.807) is 20.3 Å². The van der Waals surface area contributed by atoms with E-state index in [4.69, 9.17) is 18.9 Å². The Labute approximate surface area is 173 Å². The van der Waals surface area contributed by atoms with E-state index in [-0.39, 0.29) is 5.63 Å². The monoisotopic (exact) mass is 399 g/mol. The van der Waals surface area contributed by atoms with E-state index in [0.717, 1.165) is 45.2 Å². The molecule has 150 valence electrons. The van der Waals surface area contributed by atoms with Gasteiger partial charge in [-0.1, -0.05) is 36.4 Å². The van der Waals surface area contributed by atoms with Gasteiger partial charge in [-0.05, 0) is 35.1 Å². The average Bonchev–Trinajstić information content (AvgIpc) is 2.78. The van der Waals surface area contributed by atoms with Crippen LogP contribution in [0, 0.1) is 0 Å². The molecular weight excluding hydrogens is 378 g/mol. The first kappa shape index (κ1) is 18.4. The Hall–Kier alpha value is -3.60. The molecule has 0 unspecified atom stereocenters. The minimum Gasteiger partial charge on any atom is -0.493 e. The van der Waals surface area contributed by atoms with Gasteiger partial charge in [0.2, 0.25) is 0 Å². The maximum atomic E-state index is 12.4. The summed E-state index contributed by atoms with van der Waals surface area (Å²) in [5.41, 5.74) is 4.35. The lowest BCUT2D eigenvalue weighted by molar-refractivity contribution is 0.354. The summed E-state index contributed by atoms with van der Waals surface area (Å²) in [6.07, 6.45) is 1.39. The van der Waals surface area contributed by atoms with E-state index in [1.807, 2.05) is 42.5 Å². The molecule has 1 aliphatic heterocycles. The molecule has 0 spiro atoms. The fourth-order valence-corrected chi connectivity index (χ4v) is 4.23. The van der Waals surface area contributed by atoms with Crippen molar-refractivity contribution in [3.05, 3.63) is 81.7 Å². The van der Waals surface area contributed by atoms with E-state index in [0.29, 0.717) is 24.3 Å². The van der Waals surface area contributed by atoms with Gasteiger partial charge in [0, 0.05) is 41.1 Å². The van der Waals surface area contributed by atoms with Crippen molar-refractivity contribution in [2.24, 2.45) is 4.99 Å². The van der Waals surface area contributed by atoms with Crippen molar-refractivity contribution >= 4 is 27.5 Å². The van der Waals surface area contributed by atoms with Crippen molar-refractivity contribution in [1.82, 2.24) is 0 Å². The Morgan fingerprint density at radius 1 is 0.967 bits per heavy atom. The summed E-state index contributed by atoms with van der Waals surface area (Å²) < 4.78 is 16.6. The highest BCUT2D eigenvalue weighted by Gasteiger charge is 2.20. The van der Waals surface area contributed by atoms with Crippen molar-refractivity contribution in [1.29, 1.82) is 0 Å². The molecule has 3 aromatic carbocycles. The molecule has 0 N–H and O–H groups in total. The van der Waals surface area contributed by atoms with Gasteiger partial charge in [-0.25, -0.2) is 4.79 Å². The van der Waals surface area contributed by atoms with Gasteiger partial charge in [0.15, 0.2) is 11.5 Å². The van der Waals surface area contributed by atoms with Gasteiger partial charge >= 0.3 is 5.63 Å². The van der Waals surface area contributed by atoms with E-state index < -0.39 is 0 Å². The molecule has 5 nitrogen and oxygen atoms in total. The van der Waals surface area contributed by atoms with Crippen LogP contribution in [0.4, 0.5) is 0 Å². The number of hydrogen-bond donors (Lipinski definition) is 0. The lowest BCUT2D eigenvalue weighted by Gasteiger charge is -2.20. The molecule has 0 amide bonds. The fraction of sp³-hybridized carbons (Fsp3) is 0.200. The molecule has 0 bridgehead atoms. The van der Waals surface area contributed by atoms with Crippen LogP contribution in [-0.2, 0) is 12.8 Å². The fourth-order valence-electron chi connectivity index (χ4n) is 4.23. The van der Waals surface area contributed by atoms with Gasteiger partial charge in [0.1, 0.15) is 5.58 Å². The zero-order valence-corrected chi connectivity index (χ0v) is 16.9. The molecule has 30 heavy (non-hydrogen) atoms. The first-order valence-corrected chi connectivity index (χ1v) is 9.91. The third kappa shape index (κ3) is 3.03. The number of nitrogens with zero attached hydrogens (tertiary/aromatic N) is 1. The van der Waals surface area contributed by atoms with Gasteiger partial charge in [-0.3, -0.25) is 4.99 Å². The van der Waals surface area contributed by atoms with Crippen molar-refractivity contribution in [3.8, 4) is 11.5 Å². The maximum absolute atomic E-state index is 12.4. The largest absolute Gasteiger partial charge is 0.493 e. The Morgan fingerprint density at radius 3 is 2.60 bits per heavy atom. The third-order valence-electron chi connectivity index (χ3n) is 5.68. The predicted molar refractivity (Wildman–Crippen MR) is 118 cm³/mol. The van der Waals surface area contributed by atoms with Crippen LogP contribution in [0.1, 0.15) is 16.7 Å². The van der Waals surface area contributed by atoms with Crippen LogP contribution >= 0.6 is 0 Å². The van der Waals surface area contributed by atoms with Crippen LogP contribution in [0.3, 0.4) is 0 Å². The number of rotatable bonds is 4. The lowest BCUT2D eigenvalue weighted by Crippen LogP contribution is -2.17. The predicted octanol–water partition coefficient (Wildman–Crippen LogP) is 4.55. The van der Waals surface area contributed by atoms with Gasteiger partial charge < -0.3 is 13.9 Å². The highest BCUT2D eigenvalue weighted by atomic mass is 16.5. The summed E-state index contributed by atoms with van der Waals surface area (Å²) in [5.74, 6) is 1.39. The van der Waals surface area contributed by atoms with Gasteiger partial charge in [0.25, 0.3) is 0 Å². The van der Waals surface area contributed by atoms with E-state index >= 15 is 0 Å². The number of fused-ring (bicyclic) bond motifs is 4. The minimum absolute atomic E-state index is 0.349. The second-order valence-corrected chi connectivity index (χ2v) is 7.37. The Morgan fingerprint density at radius 2 is 1.77 bits per heavy atom. The Kier molecular flexibility index (Phi) is 4.51. The van der Waals surface area contributed by atoms with Crippen molar-refractivity contribution in [3.63, 3.8) is 0 Å². The molecule has 5 rings (SSSR count). The van der Waals surface area contributed by atoms with Crippen LogP contribution in [0.15, 0.2) is 68.8 Å². The van der Waals surface area contributed by atoms with Crippen LogP contribution in [0.2, 0.25) is 0 Å². The first-order chi connectivity index (χ1) is 14.7. The van der Waals surface area contributed by atoms with Gasteiger partial charge in [-0.15, -0.1) is 0 Å². The van der Waals surface area contributed by atoms with Crippen LogP contribution in [0.25, 0.3) is 21.7 Å². The summed E-state index contributed by atoms with van der Waals surface area (Å²) >= 11 is 0. The molecule has 1 aliphatic rings. The molecule has 2 heterocycles. The molecule has 0 saturated heterocycles. The van der Waals surface area contributed by atoms with Crippen LogP contribution < -0.4 is 15.1 Å². The van der Waals surface area contributed by atoms with E-state index in [9.17, 15) is 4.79 Å². The molecule has 1 aromatic heterocycles. The zero-order chi connectivity index (χ0) is 20.7. The third-order valence-corrected chi connectivity index (χ3v) is 5.68. The highest BCUT2D eigenvalue weighted by Crippen LogP contribution is 2.34. The topological polar surface area (TPSA) is 61.0 Å². The second-order valence-electron chi connectivity index (χ2n) is 7.37. The SMILES string of the molecule is COc1cc2c(cc1OC)C(Cc1cc(=O)oc3c1ccc1ccccc13)=NCC2. The Bertz CT molecular complexity index is 1370. The van der Waals surface area contributed by atoms with E-state index in [2.05, 4.69) is 6.07 Å². The average molecular weight is 399 g/mol. The summed E-state index contributed by atoms with van der Waals surface area (Å²) in [6, 6.07) is 17.6. The zero-order valence-electron chi connectivity index (χ0n) is 16.9. The number of hydrogen-bond acceptors (Lipinski definition) is 5. The van der Waals surface area contributed by atoms with Crippen molar-refractivity contribution in [2.45, 2.75) is 12.8 Å². The van der Waals surface area contributed by atoms with Crippen LogP contribution in [0.5, 0.6) is 11.5 Å². The normalized spacial score (nSPS) is 13.2. The van der Waals surface area contributed by atoms with E-state index in [1.165, 1.54) is 5.56 Å². The minimum atomic E-state index is -0.349. The molecule has 0 saturated carbocycles. The number of ether oxygens (including phenoxy) is 2. The number of benzene rings is 3. The molecule has 4 aromatic rings. The molecular formula is C25H21NO4. The van der Waals surface area contributed by atoms with Crippen molar-refractivity contribution in [2.75, 3.05) is 20.8 Å². The second kappa shape index (κ2) is 7.34.